The Morgan fingerprint density at radius 2 is 1.74 bits per heavy atom. The summed E-state index contributed by atoms with van der Waals surface area (Å²) in [7, 11) is 0. The first-order valence-corrected chi connectivity index (χ1v) is 6.16. The molecule has 0 spiro atoms. The van der Waals surface area contributed by atoms with Crippen molar-refractivity contribution in [1.29, 1.82) is 0 Å². The van der Waals surface area contributed by atoms with Crippen LogP contribution in [0.1, 0.15) is 31.6 Å². The average Bonchev–Trinajstić information content (AvgIpc) is 2.96. The molecule has 1 fully saturated rings. The van der Waals surface area contributed by atoms with E-state index < -0.39 is 17.2 Å². The molecule has 1 aliphatic rings. The Balaban J connectivity index is 1.96. The fourth-order valence-corrected chi connectivity index (χ4v) is 2.45. The van der Waals surface area contributed by atoms with Gasteiger partial charge in [-0.2, -0.15) is 4.98 Å². The van der Waals surface area contributed by atoms with Gasteiger partial charge in [-0.3, -0.25) is 0 Å². The Morgan fingerprint density at radius 1 is 1.11 bits per heavy atom. The molecule has 0 atom stereocenters. The molecule has 1 aromatic carbocycles. The quantitative estimate of drug-likeness (QED) is 0.906. The van der Waals surface area contributed by atoms with Gasteiger partial charge in [0.2, 0.25) is 11.7 Å². The molecule has 0 bridgehead atoms. The van der Waals surface area contributed by atoms with Crippen molar-refractivity contribution in [3.05, 3.63) is 35.7 Å². The lowest BCUT2D eigenvalue weighted by molar-refractivity contribution is 0.285. The molecule has 0 aliphatic heterocycles. The molecule has 0 saturated heterocycles. The van der Waals surface area contributed by atoms with Gasteiger partial charge in [-0.1, -0.05) is 18.0 Å². The van der Waals surface area contributed by atoms with Crippen molar-refractivity contribution in [2.75, 3.05) is 0 Å². The molecule has 2 N–H and O–H groups in total. The van der Waals surface area contributed by atoms with Crippen molar-refractivity contribution in [2.45, 2.75) is 31.2 Å². The number of rotatable bonds is 2. The van der Waals surface area contributed by atoms with E-state index in [9.17, 15) is 8.78 Å². The third kappa shape index (κ3) is 2.23. The summed E-state index contributed by atoms with van der Waals surface area (Å²) < 4.78 is 31.4. The van der Waals surface area contributed by atoms with E-state index in [2.05, 4.69) is 10.1 Å². The minimum atomic E-state index is -0.676. The van der Waals surface area contributed by atoms with Gasteiger partial charge in [0.1, 0.15) is 11.6 Å². The summed E-state index contributed by atoms with van der Waals surface area (Å²) in [5.41, 5.74) is 5.83. The first-order chi connectivity index (χ1) is 9.07. The molecule has 0 radical (unpaired) electrons. The Kier molecular flexibility index (Phi) is 2.82. The lowest BCUT2D eigenvalue weighted by Crippen LogP contribution is -2.33. The topological polar surface area (TPSA) is 64.9 Å². The lowest BCUT2D eigenvalue weighted by Gasteiger charge is -2.17. The standard InChI is InChI=1S/C13H13F2N3O/c14-9-5-8(6-10(15)7-9)11-17-12(19-18-11)13(16)3-1-2-4-13/h5-7H,1-4,16H2. The van der Waals surface area contributed by atoms with Gasteiger partial charge in [-0.15, -0.1) is 0 Å². The molecule has 1 saturated carbocycles. The second-order valence-corrected chi connectivity index (χ2v) is 4.94. The normalized spacial score (nSPS) is 17.8. The van der Waals surface area contributed by atoms with Crippen LogP contribution in [0, 0.1) is 11.6 Å². The van der Waals surface area contributed by atoms with Gasteiger partial charge in [-0.05, 0) is 25.0 Å². The van der Waals surface area contributed by atoms with Crippen LogP contribution in [-0.2, 0) is 5.54 Å². The van der Waals surface area contributed by atoms with E-state index in [0.717, 1.165) is 43.9 Å². The van der Waals surface area contributed by atoms with Crippen molar-refractivity contribution >= 4 is 0 Å². The van der Waals surface area contributed by atoms with Gasteiger partial charge in [0.25, 0.3) is 0 Å². The molecule has 1 aromatic heterocycles. The predicted octanol–water partition coefficient (Wildman–Crippen LogP) is 2.74. The third-order valence-electron chi connectivity index (χ3n) is 3.47. The molecule has 3 rings (SSSR count). The summed E-state index contributed by atoms with van der Waals surface area (Å²) >= 11 is 0. The van der Waals surface area contributed by atoms with Gasteiger partial charge in [-0.25, -0.2) is 8.78 Å². The molecule has 1 aliphatic carbocycles. The molecule has 0 amide bonds. The van der Waals surface area contributed by atoms with E-state index in [1.54, 1.807) is 0 Å². The highest BCUT2D eigenvalue weighted by Crippen LogP contribution is 2.36. The van der Waals surface area contributed by atoms with Crippen LogP contribution >= 0.6 is 0 Å². The molecule has 0 unspecified atom stereocenters. The van der Waals surface area contributed by atoms with Crippen LogP contribution in [-0.4, -0.2) is 10.1 Å². The second kappa shape index (κ2) is 4.38. The van der Waals surface area contributed by atoms with Crippen molar-refractivity contribution < 1.29 is 13.3 Å². The largest absolute Gasteiger partial charge is 0.337 e. The number of hydrogen-bond acceptors (Lipinski definition) is 4. The number of halogens is 2. The molecule has 6 heteroatoms. The van der Waals surface area contributed by atoms with Crippen LogP contribution in [0.25, 0.3) is 11.4 Å². The number of benzene rings is 1. The molecule has 100 valence electrons. The number of nitrogens with zero attached hydrogens (tertiary/aromatic N) is 2. The molecule has 2 aromatic rings. The SMILES string of the molecule is NC1(c2nc(-c3cc(F)cc(F)c3)no2)CCCC1. The summed E-state index contributed by atoms with van der Waals surface area (Å²) in [6, 6.07) is 3.12. The Morgan fingerprint density at radius 3 is 2.37 bits per heavy atom. The minimum absolute atomic E-state index is 0.158. The number of hydrogen-bond donors (Lipinski definition) is 1. The van der Waals surface area contributed by atoms with Gasteiger partial charge in [0, 0.05) is 11.6 Å². The zero-order chi connectivity index (χ0) is 13.5. The molecule has 4 nitrogen and oxygen atoms in total. The zero-order valence-electron chi connectivity index (χ0n) is 10.2. The summed E-state index contributed by atoms with van der Waals surface area (Å²) in [5.74, 6) is -0.857. The zero-order valence-corrected chi connectivity index (χ0v) is 10.2. The van der Waals surface area contributed by atoms with Crippen molar-refractivity contribution in [1.82, 2.24) is 10.1 Å². The molecule has 1 heterocycles. The Labute approximate surface area is 108 Å². The van der Waals surface area contributed by atoms with Crippen molar-refractivity contribution in [3.63, 3.8) is 0 Å². The van der Waals surface area contributed by atoms with Crippen LogP contribution in [0.4, 0.5) is 8.78 Å². The number of nitrogens with two attached hydrogens (primary N) is 1. The maximum Gasteiger partial charge on any atom is 0.247 e. The van der Waals surface area contributed by atoms with Gasteiger partial charge in [0.15, 0.2) is 0 Å². The van der Waals surface area contributed by atoms with E-state index in [1.807, 2.05) is 0 Å². The van der Waals surface area contributed by atoms with Crippen LogP contribution in [0.3, 0.4) is 0 Å². The monoisotopic (exact) mass is 265 g/mol. The van der Waals surface area contributed by atoms with Gasteiger partial charge < -0.3 is 10.3 Å². The summed E-state index contributed by atoms with van der Waals surface area (Å²) in [5, 5.41) is 3.76. The maximum atomic E-state index is 13.1. The third-order valence-corrected chi connectivity index (χ3v) is 3.47. The highest BCUT2D eigenvalue weighted by atomic mass is 19.1. The average molecular weight is 265 g/mol. The van der Waals surface area contributed by atoms with E-state index in [1.165, 1.54) is 0 Å². The van der Waals surface area contributed by atoms with E-state index in [0.29, 0.717) is 5.89 Å². The molecular formula is C13H13F2N3O. The fraction of sp³-hybridized carbons (Fsp3) is 0.385. The predicted molar refractivity (Wildman–Crippen MR) is 64.0 cm³/mol. The van der Waals surface area contributed by atoms with Crippen LogP contribution < -0.4 is 5.73 Å². The van der Waals surface area contributed by atoms with Crippen molar-refractivity contribution in [3.8, 4) is 11.4 Å². The fourth-order valence-electron chi connectivity index (χ4n) is 2.45. The van der Waals surface area contributed by atoms with E-state index in [4.69, 9.17) is 10.3 Å². The molecular weight excluding hydrogens is 252 g/mol. The van der Waals surface area contributed by atoms with Crippen LogP contribution in [0.15, 0.2) is 22.7 Å². The first kappa shape index (κ1) is 12.2. The lowest BCUT2D eigenvalue weighted by atomic mass is 9.99. The van der Waals surface area contributed by atoms with Crippen LogP contribution in [0.2, 0.25) is 0 Å². The maximum absolute atomic E-state index is 13.1. The number of aromatic nitrogens is 2. The van der Waals surface area contributed by atoms with Crippen molar-refractivity contribution in [2.24, 2.45) is 5.73 Å². The minimum Gasteiger partial charge on any atom is -0.337 e. The van der Waals surface area contributed by atoms with Crippen LogP contribution in [0.5, 0.6) is 0 Å². The smallest absolute Gasteiger partial charge is 0.247 e. The van der Waals surface area contributed by atoms with E-state index >= 15 is 0 Å². The second-order valence-electron chi connectivity index (χ2n) is 4.94. The Hall–Kier alpha value is -1.82. The summed E-state index contributed by atoms with van der Waals surface area (Å²) in [4.78, 5) is 4.18. The van der Waals surface area contributed by atoms with E-state index in [-0.39, 0.29) is 11.4 Å². The van der Waals surface area contributed by atoms with Gasteiger partial charge >= 0.3 is 0 Å². The first-order valence-electron chi connectivity index (χ1n) is 6.16. The summed E-state index contributed by atoms with van der Waals surface area (Å²) in [6.07, 6.45) is 3.60. The molecule has 19 heavy (non-hydrogen) atoms. The van der Waals surface area contributed by atoms with Gasteiger partial charge in [0.05, 0.1) is 5.54 Å². The Bertz CT molecular complexity index is 585. The highest BCUT2D eigenvalue weighted by Gasteiger charge is 2.36. The highest BCUT2D eigenvalue weighted by molar-refractivity contribution is 5.54. The summed E-state index contributed by atoms with van der Waals surface area (Å²) in [6.45, 7) is 0.